The van der Waals surface area contributed by atoms with Gasteiger partial charge in [0.25, 0.3) is 0 Å². The van der Waals surface area contributed by atoms with Crippen molar-refractivity contribution in [3.8, 4) is 11.3 Å². The maximum Gasteiger partial charge on any atom is 0.220 e. The molecule has 2 rings (SSSR count). The molecule has 0 fully saturated rings. The fourth-order valence-corrected chi connectivity index (χ4v) is 2.35. The van der Waals surface area contributed by atoms with E-state index in [1.54, 1.807) is 18.0 Å². The molecule has 3 N–H and O–H groups in total. The number of aromatic nitrogens is 2. The SMILES string of the molecule is Nc1nccc(-c2ccc(SCCCO)cc2)n1. The Bertz CT molecular complexity index is 502. The van der Waals surface area contributed by atoms with Crippen molar-refractivity contribution in [1.29, 1.82) is 0 Å². The van der Waals surface area contributed by atoms with Gasteiger partial charge in [-0.15, -0.1) is 11.8 Å². The molecule has 1 aromatic carbocycles. The zero-order valence-corrected chi connectivity index (χ0v) is 10.7. The van der Waals surface area contributed by atoms with Gasteiger partial charge in [-0.3, -0.25) is 0 Å². The van der Waals surface area contributed by atoms with Crippen LogP contribution in [0.5, 0.6) is 0 Å². The number of nitrogens with two attached hydrogens (primary N) is 1. The summed E-state index contributed by atoms with van der Waals surface area (Å²) in [6.07, 6.45) is 2.47. The summed E-state index contributed by atoms with van der Waals surface area (Å²) >= 11 is 1.73. The predicted octanol–water partition coefficient (Wildman–Crippen LogP) is 2.20. The van der Waals surface area contributed by atoms with E-state index in [0.717, 1.165) is 23.4 Å². The fourth-order valence-electron chi connectivity index (χ4n) is 1.51. The summed E-state index contributed by atoms with van der Waals surface area (Å²) in [6.45, 7) is 0.241. The van der Waals surface area contributed by atoms with Crippen LogP contribution in [0.3, 0.4) is 0 Å². The smallest absolute Gasteiger partial charge is 0.220 e. The Balaban J connectivity index is 2.07. The average Bonchev–Trinajstić information content (AvgIpc) is 2.40. The Morgan fingerprint density at radius 2 is 1.94 bits per heavy atom. The molecule has 5 heteroatoms. The van der Waals surface area contributed by atoms with Crippen LogP contribution < -0.4 is 5.73 Å². The van der Waals surface area contributed by atoms with Crippen LogP contribution in [0.1, 0.15) is 6.42 Å². The first-order valence-corrected chi connectivity index (χ1v) is 6.71. The van der Waals surface area contributed by atoms with E-state index >= 15 is 0 Å². The van der Waals surface area contributed by atoms with Crippen LogP contribution in [0.15, 0.2) is 41.4 Å². The van der Waals surface area contributed by atoms with E-state index in [2.05, 4.69) is 22.1 Å². The van der Waals surface area contributed by atoms with Gasteiger partial charge in [-0.2, -0.15) is 0 Å². The lowest BCUT2D eigenvalue weighted by molar-refractivity contribution is 0.296. The number of nitrogens with zero attached hydrogens (tertiary/aromatic N) is 2. The number of rotatable bonds is 5. The van der Waals surface area contributed by atoms with Crippen LogP contribution in [0.25, 0.3) is 11.3 Å². The largest absolute Gasteiger partial charge is 0.396 e. The molecule has 1 aromatic heterocycles. The molecule has 0 atom stereocenters. The van der Waals surface area contributed by atoms with E-state index in [1.807, 2.05) is 18.2 Å². The highest BCUT2D eigenvalue weighted by Crippen LogP contribution is 2.23. The summed E-state index contributed by atoms with van der Waals surface area (Å²) in [7, 11) is 0. The number of nitrogen functional groups attached to an aromatic ring is 1. The normalized spacial score (nSPS) is 10.5. The lowest BCUT2D eigenvalue weighted by atomic mass is 10.1. The number of hydrogen-bond donors (Lipinski definition) is 2. The maximum absolute atomic E-state index is 8.72. The number of aliphatic hydroxyl groups excluding tert-OH is 1. The van der Waals surface area contributed by atoms with E-state index < -0.39 is 0 Å². The van der Waals surface area contributed by atoms with E-state index in [-0.39, 0.29) is 12.6 Å². The van der Waals surface area contributed by atoms with Crippen molar-refractivity contribution in [2.45, 2.75) is 11.3 Å². The average molecular weight is 261 g/mol. The summed E-state index contributed by atoms with van der Waals surface area (Å²) in [6, 6.07) is 9.97. The first-order chi connectivity index (χ1) is 8.79. The maximum atomic E-state index is 8.72. The molecule has 0 amide bonds. The van der Waals surface area contributed by atoms with Crippen molar-refractivity contribution in [2.75, 3.05) is 18.1 Å². The van der Waals surface area contributed by atoms with Crippen molar-refractivity contribution >= 4 is 17.7 Å². The Morgan fingerprint density at radius 3 is 2.61 bits per heavy atom. The molecule has 0 aliphatic carbocycles. The van der Waals surface area contributed by atoms with E-state index in [0.29, 0.717) is 0 Å². The van der Waals surface area contributed by atoms with E-state index in [9.17, 15) is 0 Å². The van der Waals surface area contributed by atoms with Crippen molar-refractivity contribution < 1.29 is 5.11 Å². The van der Waals surface area contributed by atoms with Gasteiger partial charge >= 0.3 is 0 Å². The van der Waals surface area contributed by atoms with Gasteiger partial charge in [0.2, 0.25) is 5.95 Å². The van der Waals surface area contributed by atoms with Gasteiger partial charge in [0.15, 0.2) is 0 Å². The standard InChI is InChI=1S/C13H15N3OS/c14-13-15-7-6-12(16-13)10-2-4-11(5-3-10)18-9-1-8-17/h2-7,17H,1,8-9H2,(H2,14,15,16). The Kier molecular flexibility index (Phi) is 4.55. The Morgan fingerprint density at radius 1 is 1.17 bits per heavy atom. The summed E-state index contributed by atoms with van der Waals surface area (Å²) in [5, 5.41) is 8.72. The second-order valence-electron chi connectivity index (χ2n) is 3.75. The molecule has 2 aromatic rings. The lowest BCUT2D eigenvalue weighted by Crippen LogP contribution is -1.94. The first kappa shape index (κ1) is 12.9. The third-order valence-electron chi connectivity index (χ3n) is 2.40. The summed E-state index contributed by atoms with van der Waals surface area (Å²) in [5.74, 6) is 1.21. The van der Waals surface area contributed by atoms with Crippen molar-refractivity contribution in [1.82, 2.24) is 9.97 Å². The van der Waals surface area contributed by atoms with Crippen molar-refractivity contribution in [3.05, 3.63) is 36.5 Å². The van der Waals surface area contributed by atoms with Gasteiger partial charge < -0.3 is 10.8 Å². The topological polar surface area (TPSA) is 72.0 Å². The van der Waals surface area contributed by atoms with Crippen LogP contribution in [-0.2, 0) is 0 Å². The molecule has 0 radical (unpaired) electrons. The minimum Gasteiger partial charge on any atom is -0.396 e. The molecule has 0 bridgehead atoms. The Hall–Kier alpha value is -1.59. The number of thioether (sulfide) groups is 1. The van der Waals surface area contributed by atoms with Crippen LogP contribution in [-0.4, -0.2) is 27.4 Å². The molecule has 0 spiro atoms. The van der Waals surface area contributed by atoms with Crippen LogP contribution in [0, 0.1) is 0 Å². The Labute approximate surface area is 110 Å². The van der Waals surface area contributed by atoms with Crippen LogP contribution in [0.4, 0.5) is 5.95 Å². The predicted molar refractivity (Wildman–Crippen MR) is 74.3 cm³/mol. The molecular formula is C13H15N3OS. The summed E-state index contributed by atoms with van der Waals surface area (Å²) in [4.78, 5) is 9.24. The second-order valence-corrected chi connectivity index (χ2v) is 4.92. The van der Waals surface area contributed by atoms with E-state index in [1.165, 1.54) is 4.90 Å². The van der Waals surface area contributed by atoms with Gasteiger partial charge in [-0.1, -0.05) is 12.1 Å². The molecule has 0 aliphatic heterocycles. The van der Waals surface area contributed by atoms with Gasteiger partial charge in [-0.25, -0.2) is 9.97 Å². The molecule has 0 unspecified atom stereocenters. The molecule has 94 valence electrons. The van der Waals surface area contributed by atoms with Gasteiger partial charge in [-0.05, 0) is 24.6 Å². The monoisotopic (exact) mass is 261 g/mol. The number of aliphatic hydroxyl groups is 1. The molecule has 18 heavy (non-hydrogen) atoms. The zero-order valence-electron chi connectivity index (χ0n) is 9.91. The van der Waals surface area contributed by atoms with Crippen LogP contribution >= 0.6 is 11.8 Å². The third-order valence-corrected chi connectivity index (χ3v) is 3.49. The molecule has 4 nitrogen and oxygen atoms in total. The molecular weight excluding hydrogens is 246 g/mol. The van der Waals surface area contributed by atoms with E-state index in [4.69, 9.17) is 10.8 Å². The summed E-state index contributed by atoms with van der Waals surface area (Å²) < 4.78 is 0. The zero-order chi connectivity index (χ0) is 12.8. The highest BCUT2D eigenvalue weighted by atomic mass is 32.2. The van der Waals surface area contributed by atoms with Gasteiger partial charge in [0, 0.05) is 29.0 Å². The van der Waals surface area contributed by atoms with Gasteiger partial charge in [0.05, 0.1) is 5.69 Å². The third kappa shape index (κ3) is 3.45. The fraction of sp³-hybridized carbons (Fsp3) is 0.231. The highest BCUT2D eigenvalue weighted by Gasteiger charge is 2.01. The minimum absolute atomic E-state index is 0.241. The van der Waals surface area contributed by atoms with Crippen molar-refractivity contribution in [3.63, 3.8) is 0 Å². The molecule has 0 saturated carbocycles. The highest BCUT2D eigenvalue weighted by molar-refractivity contribution is 7.99. The molecule has 0 saturated heterocycles. The number of benzene rings is 1. The first-order valence-electron chi connectivity index (χ1n) is 5.72. The lowest BCUT2D eigenvalue weighted by Gasteiger charge is -2.04. The van der Waals surface area contributed by atoms with Crippen LogP contribution in [0.2, 0.25) is 0 Å². The summed E-state index contributed by atoms with van der Waals surface area (Å²) in [5.41, 5.74) is 7.41. The molecule has 0 aliphatic rings. The second kappa shape index (κ2) is 6.37. The number of hydrogen-bond acceptors (Lipinski definition) is 5. The van der Waals surface area contributed by atoms with Crippen molar-refractivity contribution in [2.24, 2.45) is 0 Å². The number of anilines is 1. The quantitative estimate of drug-likeness (QED) is 0.637. The minimum atomic E-state index is 0.241. The molecule has 1 heterocycles. The van der Waals surface area contributed by atoms with Gasteiger partial charge in [0.1, 0.15) is 0 Å².